The fourth-order valence-corrected chi connectivity index (χ4v) is 3.78. The number of likely N-dealkylation sites (N-methyl/N-ethyl adjacent to an activating group) is 1. The molecule has 6 nitrogen and oxygen atoms in total. The summed E-state index contributed by atoms with van der Waals surface area (Å²) in [5, 5.41) is 2.85. The van der Waals surface area contributed by atoms with Gasteiger partial charge in [-0.2, -0.15) is 0 Å². The Morgan fingerprint density at radius 2 is 2.04 bits per heavy atom. The molecule has 0 bridgehead atoms. The molecule has 0 aromatic heterocycles. The first-order valence-electron chi connectivity index (χ1n) is 9.28. The van der Waals surface area contributed by atoms with Crippen LogP contribution in [-0.4, -0.2) is 54.2 Å². The van der Waals surface area contributed by atoms with Gasteiger partial charge in [0, 0.05) is 36.2 Å². The Labute approximate surface area is 169 Å². The van der Waals surface area contributed by atoms with E-state index in [0.717, 1.165) is 28.6 Å². The van der Waals surface area contributed by atoms with Gasteiger partial charge in [-0.3, -0.25) is 14.4 Å². The summed E-state index contributed by atoms with van der Waals surface area (Å²) in [6, 6.07) is 5.61. The third-order valence-electron chi connectivity index (χ3n) is 4.80. The molecule has 1 unspecified atom stereocenters. The second-order valence-electron chi connectivity index (χ2n) is 7.48. The highest BCUT2D eigenvalue weighted by molar-refractivity contribution is 9.10. The Balaban J connectivity index is 1.92. The van der Waals surface area contributed by atoms with Crippen LogP contribution in [0.4, 0.5) is 5.69 Å². The predicted octanol–water partition coefficient (Wildman–Crippen LogP) is 3.05. The van der Waals surface area contributed by atoms with Crippen LogP contribution < -0.4 is 5.32 Å². The maximum atomic E-state index is 12.7. The molecule has 148 valence electrons. The highest BCUT2D eigenvalue weighted by atomic mass is 79.9. The number of piperidine rings is 1. The summed E-state index contributed by atoms with van der Waals surface area (Å²) in [6.45, 7) is 6.78. The normalized spacial score (nSPS) is 17.0. The molecule has 0 aliphatic carbocycles. The van der Waals surface area contributed by atoms with Crippen molar-refractivity contribution in [2.75, 3.05) is 32.0 Å². The van der Waals surface area contributed by atoms with Crippen LogP contribution in [0.15, 0.2) is 22.7 Å². The van der Waals surface area contributed by atoms with Gasteiger partial charge in [0.2, 0.25) is 17.7 Å². The number of aryl methyl sites for hydroxylation is 1. The average Bonchev–Trinajstić information content (AvgIpc) is 2.62. The molecule has 0 spiro atoms. The van der Waals surface area contributed by atoms with Crippen LogP contribution in [0.2, 0.25) is 0 Å². The standard InChI is InChI=1S/C20H28BrN3O3/c1-13(2)19(26)24-9-5-6-15(11-24)20(27)23(4)12-18(25)22-17-8-7-16(21)10-14(17)3/h7-8,10,13,15H,5-6,9,11-12H2,1-4H3,(H,22,25). The second-order valence-corrected chi connectivity index (χ2v) is 8.40. The van der Waals surface area contributed by atoms with Gasteiger partial charge in [-0.25, -0.2) is 0 Å². The van der Waals surface area contributed by atoms with Gasteiger partial charge >= 0.3 is 0 Å². The lowest BCUT2D eigenvalue weighted by Crippen LogP contribution is -2.48. The summed E-state index contributed by atoms with van der Waals surface area (Å²) in [6.07, 6.45) is 1.56. The van der Waals surface area contributed by atoms with Gasteiger partial charge in [-0.05, 0) is 43.5 Å². The Hall–Kier alpha value is -1.89. The Morgan fingerprint density at radius 1 is 1.33 bits per heavy atom. The number of likely N-dealkylation sites (tertiary alicyclic amines) is 1. The molecule has 0 saturated carbocycles. The maximum Gasteiger partial charge on any atom is 0.243 e. The van der Waals surface area contributed by atoms with Crippen LogP contribution in [0.3, 0.4) is 0 Å². The smallest absolute Gasteiger partial charge is 0.243 e. The van der Waals surface area contributed by atoms with Gasteiger partial charge in [-0.1, -0.05) is 29.8 Å². The number of halogens is 1. The van der Waals surface area contributed by atoms with Crippen LogP contribution >= 0.6 is 15.9 Å². The van der Waals surface area contributed by atoms with Crippen molar-refractivity contribution in [3.05, 3.63) is 28.2 Å². The SMILES string of the molecule is Cc1cc(Br)ccc1NC(=O)CN(C)C(=O)C1CCCN(C(=O)C(C)C)C1. The molecule has 2 rings (SSSR count). The van der Waals surface area contributed by atoms with E-state index in [1.807, 2.05) is 39.0 Å². The fraction of sp³-hybridized carbons (Fsp3) is 0.550. The minimum atomic E-state index is -0.242. The zero-order chi connectivity index (χ0) is 20.1. The van der Waals surface area contributed by atoms with E-state index in [4.69, 9.17) is 0 Å². The topological polar surface area (TPSA) is 69.7 Å². The van der Waals surface area contributed by atoms with Crippen LogP contribution in [-0.2, 0) is 14.4 Å². The highest BCUT2D eigenvalue weighted by Crippen LogP contribution is 2.21. The third kappa shape index (κ3) is 5.79. The van der Waals surface area contributed by atoms with E-state index in [2.05, 4.69) is 21.2 Å². The summed E-state index contributed by atoms with van der Waals surface area (Å²) in [7, 11) is 1.64. The molecular formula is C20H28BrN3O3. The zero-order valence-electron chi connectivity index (χ0n) is 16.4. The van der Waals surface area contributed by atoms with Crippen molar-refractivity contribution < 1.29 is 14.4 Å². The van der Waals surface area contributed by atoms with Gasteiger partial charge in [-0.15, -0.1) is 0 Å². The summed E-state index contributed by atoms with van der Waals surface area (Å²) in [5.41, 5.74) is 1.68. The number of anilines is 1. The van der Waals surface area contributed by atoms with Crippen molar-refractivity contribution in [2.45, 2.75) is 33.6 Å². The number of carbonyl (C=O) groups is 3. The molecular weight excluding hydrogens is 410 g/mol. The van der Waals surface area contributed by atoms with Crippen molar-refractivity contribution in [2.24, 2.45) is 11.8 Å². The van der Waals surface area contributed by atoms with E-state index in [-0.39, 0.29) is 36.1 Å². The monoisotopic (exact) mass is 437 g/mol. The highest BCUT2D eigenvalue weighted by Gasteiger charge is 2.31. The lowest BCUT2D eigenvalue weighted by molar-refractivity contribution is -0.143. The first-order valence-corrected chi connectivity index (χ1v) is 10.1. The van der Waals surface area contributed by atoms with E-state index < -0.39 is 0 Å². The van der Waals surface area contributed by atoms with Crippen LogP contribution in [0.1, 0.15) is 32.3 Å². The van der Waals surface area contributed by atoms with Crippen molar-refractivity contribution in [3.8, 4) is 0 Å². The Kier molecular flexibility index (Phi) is 7.41. The molecule has 1 fully saturated rings. The number of benzene rings is 1. The van der Waals surface area contributed by atoms with E-state index in [1.54, 1.807) is 11.9 Å². The van der Waals surface area contributed by atoms with Gasteiger partial charge < -0.3 is 15.1 Å². The molecule has 3 amide bonds. The van der Waals surface area contributed by atoms with Gasteiger partial charge in [0.05, 0.1) is 12.5 Å². The molecule has 1 aromatic carbocycles. The number of nitrogens with zero attached hydrogens (tertiary/aromatic N) is 2. The summed E-state index contributed by atoms with van der Waals surface area (Å²) >= 11 is 3.40. The van der Waals surface area contributed by atoms with Crippen molar-refractivity contribution in [1.82, 2.24) is 9.80 Å². The first-order chi connectivity index (χ1) is 12.7. The fourth-order valence-electron chi connectivity index (χ4n) is 3.31. The average molecular weight is 438 g/mol. The number of rotatable bonds is 5. The van der Waals surface area contributed by atoms with E-state index in [9.17, 15) is 14.4 Å². The van der Waals surface area contributed by atoms with Crippen molar-refractivity contribution >= 4 is 39.3 Å². The van der Waals surface area contributed by atoms with Gasteiger partial charge in [0.15, 0.2) is 0 Å². The molecule has 1 saturated heterocycles. The number of amides is 3. The molecule has 1 heterocycles. The lowest BCUT2D eigenvalue weighted by atomic mass is 9.95. The number of carbonyl (C=O) groups excluding carboxylic acids is 3. The second kappa shape index (κ2) is 9.35. The molecule has 0 radical (unpaired) electrons. The molecule has 1 N–H and O–H groups in total. The van der Waals surface area contributed by atoms with E-state index >= 15 is 0 Å². The lowest BCUT2D eigenvalue weighted by Gasteiger charge is -2.34. The minimum absolute atomic E-state index is 0.0109. The van der Waals surface area contributed by atoms with Gasteiger partial charge in [0.1, 0.15) is 0 Å². The predicted molar refractivity (Wildman–Crippen MR) is 109 cm³/mol. The zero-order valence-corrected chi connectivity index (χ0v) is 18.0. The number of nitrogens with one attached hydrogen (secondary N) is 1. The quantitative estimate of drug-likeness (QED) is 0.769. The molecule has 1 atom stereocenters. The summed E-state index contributed by atoms with van der Waals surface area (Å²) in [4.78, 5) is 40.5. The first kappa shape index (κ1) is 21.4. The summed E-state index contributed by atoms with van der Waals surface area (Å²) < 4.78 is 0.947. The van der Waals surface area contributed by atoms with Crippen molar-refractivity contribution in [1.29, 1.82) is 0 Å². The largest absolute Gasteiger partial charge is 0.342 e. The van der Waals surface area contributed by atoms with Crippen LogP contribution in [0, 0.1) is 18.8 Å². The minimum Gasteiger partial charge on any atom is -0.342 e. The third-order valence-corrected chi connectivity index (χ3v) is 5.29. The molecule has 27 heavy (non-hydrogen) atoms. The van der Waals surface area contributed by atoms with Crippen molar-refractivity contribution in [3.63, 3.8) is 0 Å². The van der Waals surface area contributed by atoms with E-state index in [1.165, 1.54) is 4.90 Å². The van der Waals surface area contributed by atoms with E-state index in [0.29, 0.717) is 13.1 Å². The number of hydrogen-bond donors (Lipinski definition) is 1. The molecule has 1 aromatic rings. The Bertz CT molecular complexity index is 720. The molecule has 1 aliphatic heterocycles. The van der Waals surface area contributed by atoms with Crippen LogP contribution in [0.5, 0.6) is 0 Å². The Morgan fingerprint density at radius 3 is 2.67 bits per heavy atom. The van der Waals surface area contributed by atoms with Gasteiger partial charge in [0.25, 0.3) is 0 Å². The summed E-state index contributed by atoms with van der Waals surface area (Å²) in [5.74, 6) is -0.551. The molecule has 7 heteroatoms. The maximum absolute atomic E-state index is 12.7. The molecule has 1 aliphatic rings. The number of hydrogen-bond acceptors (Lipinski definition) is 3. The van der Waals surface area contributed by atoms with Crippen LogP contribution in [0.25, 0.3) is 0 Å².